The summed E-state index contributed by atoms with van der Waals surface area (Å²) >= 11 is 5.77. The Morgan fingerprint density at radius 3 is 2.33 bits per heavy atom. The molecular weight excluding hydrogens is 392 g/mol. The smallest absolute Gasteiger partial charge is 0.242 e. The van der Waals surface area contributed by atoms with E-state index < -0.39 is 16.1 Å². The Morgan fingerprint density at radius 2 is 1.78 bits per heavy atom. The van der Waals surface area contributed by atoms with Crippen molar-refractivity contribution in [1.82, 2.24) is 4.31 Å². The average molecular weight is 413 g/mol. The van der Waals surface area contributed by atoms with Crippen LogP contribution in [0.4, 0.5) is 5.69 Å². The maximum absolute atomic E-state index is 12.5. The van der Waals surface area contributed by atoms with Gasteiger partial charge < -0.3 is 15.2 Å². The predicted molar refractivity (Wildman–Crippen MR) is 104 cm³/mol. The molecule has 2 aromatic rings. The quantitative estimate of drug-likeness (QED) is 0.693. The molecule has 0 aliphatic carbocycles. The summed E-state index contributed by atoms with van der Waals surface area (Å²) in [5.74, 6) is 0.315. The summed E-state index contributed by atoms with van der Waals surface area (Å²) in [5, 5.41) is 13.2. The number of carbonyl (C=O) groups is 1. The van der Waals surface area contributed by atoms with E-state index in [0.717, 1.165) is 4.31 Å². The van der Waals surface area contributed by atoms with Crippen molar-refractivity contribution in [3.05, 3.63) is 53.6 Å². The highest BCUT2D eigenvalue weighted by Crippen LogP contribution is 2.18. The zero-order chi connectivity index (χ0) is 20.0. The number of rotatable bonds is 8. The van der Waals surface area contributed by atoms with E-state index in [1.54, 1.807) is 24.3 Å². The molecule has 146 valence electrons. The number of ether oxygens (including phenoxy) is 1. The number of anilines is 1. The van der Waals surface area contributed by atoms with Crippen molar-refractivity contribution in [2.75, 3.05) is 25.5 Å². The molecule has 0 heterocycles. The van der Waals surface area contributed by atoms with Crippen molar-refractivity contribution in [2.24, 2.45) is 0 Å². The first-order valence-corrected chi connectivity index (χ1v) is 9.90. The molecule has 0 saturated heterocycles. The lowest BCUT2D eigenvalue weighted by molar-refractivity contribution is -0.114. The highest BCUT2D eigenvalue weighted by molar-refractivity contribution is 7.89. The number of sulfonamides is 1. The topological polar surface area (TPSA) is 95.9 Å². The van der Waals surface area contributed by atoms with Gasteiger partial charge in [0.05, 0.1) is 4.90 Å². The summed E-state index contributed by atoms with van der Waals surface area (Å²) < 4.78 is 31.5. The predicted octanol–water partition coefficient (Wildman–Crippen LogP) is 2.36. The highest BCUT2D eigenvalue weighted by Gasteiger charge is 2.23. The fourth-order valence-corrected chi connectivity index (χ4v) is 3.60. The fraction of sp³-hybridized carbons (Fsp3) is 0.278. The maximum Gasteiger partial charge on any atom is 0.242 e. The first kappa shape index (κ1) is 21.2. The second-order valence-electron chi connectivity index (χ2n) is 5.91. The van der Waals surface area contributed by atoms with Crippen LogP contribution in [0.2, 0.25) is 5.02 Å². The van der Waals surface area contributed by atoms with Crippen LogP contribution in [-0.4, -0.2) is 50.0 Å². The number of hydrogen-bond donors (Lipinski definition) is 2. The van der Waals surface area contributed by atoms with Gasteiger partial charge >= 0.3 is 0 Å². The Morgan fingerprint density at radius 1 is 1.19 bits per heavy atom. The number of halogens is 1. The number of benzene rings is 2. The van der Waals surface area contributed by atoms with Gasteiger partial charge in [-0.3, -0.25) is 4.79 Å². The van der Waals surface area contributed by atoms with Crippen LogP contribution in [0.25, 0.3) is 0 Å². The zero-order valence-electron chi connectivity index (χ0n) is 14.9. The van der Waals surface area contributed by atoms with Crippen molar-refractivity contribution in [1.29, 1.82) is 0 Å². The number of likely N-dealkylation sites (N-methyl/N-ethyl adjacent to an activating group) is 1. The van der Waals surface area contributed by atoms with Gasteiger partial charge in [-0.2, -0.15) is 4.31 Å². The minimum absolute atomic E-state index is 0.0834. The molecule has 2 N–H and O–H groups in total. The number of aliphatic hydroxyl groups excluding tert-OH is 1. The van der Waals surface area contributed by atoms with Crippen molar-refractivity contribution in [3.63, 3.8) is 0 Å². The van der Waals surface area contributed by atoms with E-state index in [0.29, 0.717) is 16.5 Å². The molecular formula is C18H21ClN2O5S. The fourth-order valence-electron chi connectivity index (χ4n) is 2.26. The van der Waals surface area contributed by atoms with Gasteiger partial charge in [-0.15, -0.1) is 0 Å². The SMILES string of the molecule is CC(=O)Nc1ccc(OCC(O)CN(C)S(=O)(=O)c2ccc(Cl)cc2)cc1. The highest BCUT2D eigenvalue weighted by atomic mass is 35.5. The van der Waals surface area contributed by atoms with Gasteiger partial charge in [0.2, 0.25) is 15.9 Å². The number of hydrogen-bond acceptors (Lipinski definition) is 5. The van der Waals surface area contributed by atoms with Crippen molar-refractivity contribution < 1.29 is 23.1 Å². The number of nitrogens with one attached hydrogen (secondary N) is 1. The first-order valence-electron chi connectivity index (χ1n) is 8.09. The van der Waals surface area contributed by atoms with Crippen molar-refractivity contribution in [2.45, 2.75) is 17.9 Å². The van der Waals surface area contributed by atoms with Gasteiger partial charge in [0.15, 0.2) is 0 Å². The molecule has 0 aliphatic rings. The third-order valence-electron chi connectivity index (χ3n) is 3.61. The summed E-state index contributed by atoms with van der Waals surface area (Å²) in [6.45, 7) is 1.20. The standard InChI is InChI=1S/C18H21ClN2O5S/c1-13(22)20-15-5-7-17(8-6-15)26-12-16(23)11-21(2)27(24,25)18-9-3-14(19)4-10-18/h3-10,16,23H,11-12H2,1-2H3,(H,20,22). The lowest BCUT2D eigenvalue weighted by Crippen LogP contribution is -2.37. The lowest BCUT2D eigenvalue weighted by Gasteiger charge is -2.21. The molecule has 27 heavy (non-hydrogen) atoms. The molecule has 0 aliphatic heterocycles. The molecule has 7 nitrogen and oxygen atoms in total. The molecule has 0 radical (unpaired) electrons. The summed E-state index contributed by atoms with van der Waals surface area (Å²) in [4.78, 5) is 11.1. The number of amides is 1. The molecule has 0 fully saturated rings. The Kier molecular flexibility index (Phi) is 7.20. The van der Waals surface area contributed by atoms with E-state index in [-0.39, 0.29) is 24.0 Å². The average Bonchev–Trinajstić information content (AvgIpc) is 2.61. The van der Waals surface area contributed by atoms with E-state index in [1.165, 1.54) is 38.2 Å². The van der Waals surface area contributed by atoms with Crippen LogP contribution in [-0.2, 0) is 14.8 Å². The normalized spacial score (nSPS) is 12.6. The van der Waals surface area contributed by atoms with Crippen molar-refractivity contribution in [3.8, 4) is 5.75 Å². The van der Waals surface area contributed by atoms with Crippen LogP contribution in [0.3, 0.4) is 0 Å². The minimum Gasteiger partial charge on any atom is -0.491 e. The molecule has 0 aromatic heterocycles. The van der Waals surface area contributed by atoms with Crippen LogP contribution < -0.4 is 10.1 Å². The Labute approximate surface area is 163 Å². The third-order valence-corrected chi connectivity index (χ3v) is 5.70. The van der Waals surface area contributed by atoms with Gasteiger partial charge in [-0.25, -0.2) is 8.42 Å². The second-order valence-corrected chi connectivity index (χ2v) is 8.39. The van der Waals surface area contributed by atoms with E-state index in [9.17, 15) is 18.3 Å². The van der Waals surface area contributed by atoms with Gasteiger partial charge in [0.1, 0.15) is 18.5 Å². The van der Waals surface area contributed by atoms with E-state index >= 15 is 0 Å². The van der Waals surface area contributed by atoms with Crippen LogP contribution in [0.1, 0.15) is 6.92 Å². The molecule has 0 spiro atoms. The lowest BCUT2D eigenvalue weighted by atomic mass is 10.3. The Balaban J connectivity index is 1.90. The van der Waals surface area contributed by atoms with E-state index in [2.05, 4.69) is 5.32 Å². The zero-order valence-corrected chi connectivity index (χ0v) is 16.5. The Bertz CT molecular complexity index is 870. The first-order chi connectivity index (χ1) is 12.7. The van der Waals surface area contributed by atoms with Gasteiger partial charge in [0.25, 0.3) is 0 Å². The molecule has 2 rings (SSSR count). The van der Waals surface area contributed by atoms with E-state index in [4.69, 9.17) is 16.3 Å². The summed E-state index contributed by atoms with van der Waals surface area (Å²) in [5.41, 5.74) is 0.629. The van der Waals surface area contributed by atoms with Crippen LogP contribution in [0.5, 0.6) is 5.75 Å². The monoisotopic (exact) mass is 412 g/mol. The number of carbonyl (C=O) groups excluding carboxylic acids is 1. The summed E-state index contributed by atoms with van der Waals surface area (Å²) in [6.07, 6.45) is -1.02. The molecule has 0 bridgehead atoms. The number of aliphatic hydroxyl groups is 1. The van der Waals surface area contributed by atoms with Crippen molar-refractivity contribution >= 4 is 33.2 Å². The molecule has 0 saturated carbocycles. The maximum atomic E-state index is 12.5. The summed E-state index contributed by atoms with van der Waals surface area (Å²) in [6, 6.07) is 12.4. The van der Waals surface area contributed by atoms with Gasteiger partial charge in [-0.1, -0.05) is 11.6 Å². The van der Waals surface area contributed by atoms with Crippen LogP contribution in [0, 0.1) is 0 Å². The molecule has 9 heteroatoms. The minimum atomic E-state index is -3.73. The summed E-state index contributed by atoms with van der Waals surface area (Å²) in [7, 11) is -2.35. The Hall–Kier alpha value is -2.13. The van der Waals surface area contributed by atoms with Crippen LogP contribution >= 0.6 is 11.6 Å². The largest absolute Gasteiger partial charge is 0.491 e. The molecule has 1 unspecified atom stereocenters. The number of nitrogens with zero attached hydrogens (tertiary/aromatic N) is 1. The molecule has 1 atom stereocenters. The van der Waals surface area contributed by atoms with E-state index in [1.807, 2.05) is 0 Å². The van der Waals surface area contributed by atoms with Gasteiger partial charge in [-0.05, 0) is 48.5 Å². The molecule has 2 aromatic carbocycles. The third kappa shape index (κ3) is 6.21. The van der Waals surface area contributed by atoms with Gasteiger partial charge in [0, 0.05) is 31.2 Å². The second kappa shape index (κ2) is 9.18. The molecule has 1 amide bonds. The van der Waals surface area contributed by atoms with Crippen LogP contribution in [0.15, 0.2) is 53.4 Å².